The Balaban J connectivity index is 0.973. The van der Waals surface area contributed by atoms with Gasteiger partial charge in [0.1, 0.15) is 17.2 Å². The SMILES string of the molecule is O=C(NS(=O)c1ccc(NCC2CCOCC2)c([N+](=O)[O-])c1)c1ccc([N+]2=CCN(C3c4ccccc4CCc4ccccc43)CC2)cc1Oc1ccc2[nH]ccc2c1. The van der Waals surface area contributed by atoms with Crippen LogP contribution in [-0.2, 0) is 28.6 Å². The fourth-order valence-corrected chi connectivity index (χ4v) is 9.30. The standard InChI is InChI=1S/C46H44N6O6S/c53-46(49-59(56)37-13-16-42(43(29-37)52(54)55)48-30-31-18-25-57-26-19-31)40-14-11-35(28-44(40)58-36-12-15-41-34(27-36)17-20-47-41)50-21-23-51(24-22-50)45-38-7-3-1-5-32(38)9-10-33-6-2-4-8-39(33)45/h1-8,11-17,20-21,27-29,31,45,47-48H,9-10,18-19,22-26,30H2/p+1. The summed E-state index contributed by atoms with van der Waals surface area (Å²) in [5, 5.41) is 16.2. The predicted molar refractivity (Wildman–Crippen MR) is 228 cm³/mol. The molecule has 1 saturated heterocycles. The summed E-state index contributed by atoms with van der Waals surface area (Å²) in [4.78, 5) is 31.3. The first kappa shape index (κ1) is 38.4. The largest absolute Gasteiger partial charge is 0.456 e. The number of aryl methyl sites for hydroxylation is 2. The highest BCUT2D eigenvalue weighted by atomic mass is 32.2. The highest BCUT2D eigenvalue weighted by molar-refractivity contribution is 7.83. The van der Waals surface area contributed by atoms with Crippen LogP contribution < -0.4 is 14.8 Å². The Morgan fingerprint density at radius 3 is 2.42 bits per heavy atom. The summed E-state index contributed by atoms with van der Waals surface area (Å²) in [5.41, 5.74) is 7.58. The molecule has 0 bridgehead atoms. The van der Waals surface area contributed by atoms with E-state index in [0.717, 1.165) is 48.8 Å². The van der Waals surface area contributed by atoms with Gasteiger partial charge in [0.15, 0.2) is 23.7 Å². The fraction of sp³-hybridized carbons (Fsp3) is 0.261. The van der Waals surface area contributed by atoms with Gasteiger partial charge in [-0.05, 0) is 96.3 Å². The second kappa shape index (κ2) is 17.0. The zero-order valence-electron chi connectivity index (χ0n) is 32.5. The van der Waals surface area contributed by atoms with Crippen LogP contribution in [0, 0.1) is 16.0 Å². The molecule has 12 nitrogen and oxygen atoms in total. The van der Waals surface area contributed by atoms with Crippen molar-refractivity contribution < 1.29 is 28.0 Å². The third-order valence-corrected chi connectivity index (χ3v) is 12.7. The molecule has 1 aromatic heterocycles. The number of nitrogens with zero attached hydrogens (tertiary/aromatic N) is 3. The zero-order chi connectivity index (χ0) is 40.3. The number of nitro benzene ring substituents is 1. The number of anilines is 1. The smallest absolute Gasteiger partial charge is 0.293 e. The van der Waals surface area contributed by atoms with Crippen LogP contribution in [0.2, 0.25) is 0 Å². The second-order valence-electron chi connectivity index (χ2n) is 15.3. The van der Waals surface area contributed by atoms with Crippen LogP contribution in [0.3, 0.4) is 0 Å². The molecule has 1 amide bonds. The van der Waals surface area contributed by atoms with E-state index in [1.54, 1.807) is 12.1 Å². The lowest BCUT2D eigenvalue weighted by molar-refractivity contribution is -0.444. The van der Waals surface area contributed by atoms with Crippen LogP contribution >= 0.6 is 0 Å². The summed E-state index contributed by atoms with van der Waals surface area (Å²) in [7, 11) is -2.10. The summed E-state index contributed by atoms with van der Waals surface area (Å²) in [6.07, 6.45) is 7.83. The lowest BCUT2D eigenvalue weighted by atomic mass is 9.93. The van der Waals surface area contributed by atoms with E-state index in [-0.39, 0.29) is 27.9 Å². The van der Waals surface area contributed by atoms with Crippen LogP contribution in [0.1, 0.15) is 51.5 Å². The first-order valence-corrected chi connectivity index (χ1v) is 21.2. The molecule has 3 aliphatic rings. The van der Waals surface area contributed by atoms with Crippen LogP contribution in [0.4, 0.5) is 17.1 Å². The van der Waals surface area contributed by atoms with Gasteiger partial charge in [-0.3, -0.25) is 24.5 Å². The average Bonchev–Trinajstić information content (AvgIpc) is 3.67. The maximum Gasteiger partial charge on any atom is 0.293 e. The van der Waals surface area contributed by atoms with E-state index < -0.39 is 21.8 Å². The summed E-state index contributed by atoms with van der Waals surface area (Å²) in [6.45, 7) is 4.14. The lowest BCUT2D eigenvalue weighted by Gasteiger charge is -2.33. The molecule has 13 heteroatoms. The third-order valence-electron chi connectivity index (χ3n) is 11.7. The number of benzene rings is 5. The topological polar surface area (TPSA) is 142 Å². The van der Waals surface area contributed by atoms with Crippen molar-refractivity contribution in [2.24, 2.45) is 5.92 Å². The number of hydrogen-bond donors (Lipinski definition) is 3. The molecule has 59 heavy (non-hydrogen) atoms. The first-order valence-electron chi connectivity index (χ1n) is 20.1. The average molecular weight is 810 g/mol. The van der Waals surface area contributed by atoms with Gasteiger partial charge < -0.3 is 19.8 Å². The van der Waals surface area contributed by atoms with Crippen LogP contribution in [0.15, 0.2) is 120 Å². The van der Waals surface area contributed by atoms with Gasteiger partial charge in [0.05, 0.1) is 40.6 Å². The summed E-state index contributed by atoms with van der Waals surface area (Å²) in [6, 6.07) is 35.0. The Bertz CT molecular complexity index is 2550. The maximum absolute atomic E-state index is 13.9. The molecule has 9 rings (SSSR count). The molecule has 300 valence electrons. The molecule has 1 atom stereocenters. The summed E-state index contributed by atoms with van der Waals surface area (Å²) >= 11 is 0. The normalized spacial score (nSPS) is 16.6. The van der Waals surface area contributed by atoms with Crippen molar-refractivity contribution >= 4 is 51.1 Å². The minimum atomic E-state index is -2.10. The molecule has 6 aromatic rings. The van der Waals surface area contributed by atoms with Gasteiger partial charge in [-0.25, -0.2) is 4.21 Å². The number of aromatic amines is 1. The molecule has 3 heterocycles. The monoisotopic (exact) mass is 809 g/mol. The van der Waals surface area contributed by atoms with Crippen molar-refractivity contribution in [3.63, 3.8) is 0 Å². The zero-order valence-corrected chi connectivity index (χ0v) is 33.3. The van der Waals surface area contributed by atoms with Gasteiger partial charge >= 0.3 is 0 Å². The van der Waals surface area contributed by atoms with Gasteiger partial charge in [-0.1, -0.05) is 48.5 Å². The van der Waals surface area contributed by atoms with Crippen molar-refractivity contribution in [3.8, 4) is 11.5 Å². The number of aromatic nitrogens is 1. The fourth-order valence-electron chi connectivity index (χ4n) is 8.49. The predicted octanol–water partition coefficient (Wildman–Crippen LogP) is 8.08. The van der Waals surface area contributed by atoms with E-state index in [4.69, 9.17) is 9.47 Å². The number of ether oxygens (including phenoxy) is 2. The van der Waals surface area contributed by atoms with Crippen molar-refractivity contribution in [3.05, 3.63) is 153 Å². The number of fused-ring (bicyclic) bond motifs is 3. The van der Waals surface area contributed by atoms with Crippen LogP contribution in [0.5, 0.6) is 11.5 Å². The molecular formula is C46H45N6O6S+. The molecule has 0 spiro atoms. The summed E-state index contributed by atoms with van der Waals surface area (Å²) < 4.78 is 30.2. The van der Waals surface area contributed by atoms with E-state index >= 15 is 0 Å². The van der Waals surface area contributed by atoms with Crippen molar-refractivity contribution in [1.29, 1.82) is 0 Å². The molecule has 0 saturated carbocycles. The van der Waals surface area contributed by atoms with Crippen LogP contribution in [-0.4, -0.2) is 75.1 Å². The Kier molecular flexibility index (Phi) is 11.0. The van der Waals surface area contributed by atoms with Crippen LogP contribution in [0.25, 0.3) is 10.9 Å². The van der Waals surface area contributed by atoms with Gasteiger partial charge in [0, 0.05) is 49.0 Å². The van der Waals surface area contributed by atoms with E-state index in [2.05, 4.69) is 79.2 Å². The Morgan fingerprint density at radius 2 is 1.69 bits per heavy atom. The number of nitro groups is 1. The molecule has 2 aliphatic heterocycles. The highest BCUT2D eigenvalue weighted by Crippen LogP contribution is 2.38. The molecule has 5 aromatic carbocycles. The maximum atomic E-state index is 13.9. The number of H-pyrrole nitrogens is 1. The molecule has 1 aliphatic carbocycles. The van der Waals surface area contributed by atoms with Gasteiger partial charge in [-0.2, -0.15) is 4.58 Å². The van der Waals surface area contributed by atoms with E-state index in [1.807, 2.05) is 42.6 Å². The Labute approximate surface area is 344 Å². The van der Waals surface area contributed by atoms with E-state index in [9.17, 15) is 19.1 Å². The number of carbonyl (C=O) groups excluding carboxylic acids is 1. The molecule has 0 radical (unpaired) electrons. The van der Waals surface area contributed by atoms with Gasteiger partial charge in [0.2, 0.25) is 5.69 Å². The third kappa shape index (κ3) is 8.27. The second-order valence-corrected chi connectivity index (χ2v) is 16.5. The first-order chi connectivity index (χ1) is 28.9. The Hall–Kier alpha value is -6.15. The van der Waals surface area contributed by atoms with Gasteiger partial charge in [0.25, 0.3) is 11.6 Å². The van der Waals surface area contributed by atoms with E-state index in [1.165, 1.54) is 34.4 Å². The lowest BCUT2D eigenvalue weighted by Crippen LogP contribution is -2.41. The minimum Gasteiger partial charge on any atom is -0.456 e. The molecular weight excluding hydrogens is 765 g/mol. The number of nitrogens with one attached hydrogen (secondary N) is 3. The molecule has 1 fully saturated rings. The minimum absolute atomic E-state index is 0.102. The van der Waals surface area contributed by atoms with Crippen molar-refractivity contribution in [1.82, 2.24) is 14.6 Å². The van der Waals surface area contributed by atoms with Gasteiger partial charge in [-0.15, -0.1) is 0 Å². The number of hydrogen-bond acceptors (Lipinski definition) is 8. The quantitative estimate of drug-likeness (QED) is 0.0678. The Morgan fingerprint density at radius 1 is 0.932 bits per heavy atom. The van der Waals surface area contributed by atoms with E-state index in [0.29, 0.717) is 50.2 Å². The number of carbonyl (C=O) groups is 1. The molecule has 3 N–H and O–H groups in total. The number of rotatable bonds is 11. The van der Waals surface area contributed by atoms with Crippen molar-refractivity contribution in [2.45, 2.75) is 36.6 Å². The highest BCUT2D eigenvalue weighted by Gasteiger charge is 2.32. The van der Waals surface area contributed by atoms with Crippen molar-refractivity contribution in [2.75, 3.05) is 44.7 Å². The number of amides is 1. The summed E-state index contributed by atoms with van der Waals surface area (Å²) in [5.74, 6) is 0.516. The molecule has 1 unspecified atom stereocenters.